The lowest BCUT2D eigenvalue weighted by molar-refractivity contribution is 0.00491. The first kappa shape index (κ1) is 29.8. The van der Waals surface area contributed by atoms with E-state index >= 15 is 0 Å². The van der Waals surface area contributed by atoms with Crippen LogP contribution in [0.15, 0.2) is 36.4 Å². The summed E-state index contributed by atoms with van der Waals surface area (Å²) in [4.78, 5) is 13.3. The van der Waals surface area contributed by atoms with E-state index in [0.29, 0.717) is 53.7 Å². The molecule has 4 atom stereocenters. The fourth-order valence-corrected chi connectivity index (χ4v) is 6.13. The predicted molar refractivity (Wildman–Crippen MR) is 160 cm³/mol. The molecule has 4 rings (SSSR count). The maximum atomic E-state index is 13.3. The van der Waals surface area contributed by atoms with Crippen LogP contribution in [0.25, 0.3) is 0 Å². The molecular weight excluding hydrogens is 504 g/mol. The van der Waals surface area contributed by atoms with Crippen molar-refractivity contribution in [2.75, 3.05) is 25.1 Å². The summed E-state index contributed by atoms with van der Waals surface area (Å²) >= 11 is 0. The average molecular weight is 553 g/mol. The molecule has 0 aromatic heterocycles. The number of anilines is 2. The zero-order valence-corrected chi connectivity index (χ0v) is 24.6. The normalized spacial score (nSPS) is 22.2. The molecule has 0 heterocycles. The van der Waals surface area contributed by atoms with Crippen molar-refractivity contribution in [1.82, 2.24) is 10.6 Å². The molecule has 0 aliphatic heterocycles. The Kier molecular flexibility index (Phi) is 10.4. The van der Waals surface area contributed by atoms with Crippen LogP contribution in [0.5, 0.6) is 11.5 Å². The van der Waals surface area contributed by atoms with Crippen molar-refractivity contribution in [3.8, 4) is 11.5 Å². The summed E-state index contributed by atoms with van der Waals surface area (Å²) in [6.07, 6.45) is 7.33. The fraction of sp³-hybridized carbons (Fsp3) is 0.594. The molecule has 0 bridgehead atoms. The molecule has 2 saturated carbocycles. The van der Waals surface area contributed by atoms with Crippen LogP contribution in [0, 0.1) is 17.8 Å². The van der Waals surface area contributed by atoms with E-state index < -0.39 is 6.09 Å². The number of amides is 1. The number of ether oxygens (including phenoxy) is 3. The molecule has 6 N–H and O–H groups in total. The number of nitrogens with one attached hydrogen (secondary N) is 2. The number of hydrogen-bond acceptors (Lipinski definition) is 7. The van der Waals surface area contributed by atoms with Crippen LogP contribution in [0.2, 0.25) is 0 Å². The molecule has 0 radical (unpaired) electrons. The van der Waals surface area contributed by atoms with Gasteiger partial charge in [0.05, 0.1) is 19.3 Å². The first-order valence-corrected chi connectivity index (χ1v) is 14.9. The van der Waals surface area contributed by atoms with Crippen LogP contribution in [-0.4, -0.2) is 32.0 Å². The third-order valence-corrected chi connectivity index (χ3v) is 8.53. The van der Waals surface area contributed by atoms with E-state index in [0.717, 1.165) is 36.8 Å². The first-order valence-electron chi connectivity index (χ1n) is 14.9. The number of rotatable bonds is 11. The Morgan fingerprint density at radius 2 is 1.80 bits per heavy atom. The third-order valence-electron chi connectivity index (χ3n) is 8.53. The molecule has 220 valence electrons. The second-order valence-corrected chi connectivity index (χ2v) is 12.0. The van der Waals surface area contributed by atoms with Crippen molar-refractivity contribution in [3.63, 3.8) is 0 Å². The van der Waals surface area contributed by atoms with E-state index in [1.807, 2.05) is 30.3 Å². The molecule has 2 aliphatic carbocycles. The van der Waals surface area contributed by atoms with Gasteiger partial charge < -0.3 is 36.3 Å². The highest BCUT2D eigenvalue weighted by Crippen LogP contribution is 2.36. The van der Waals surface area contributed by atoms with Gasteiger partial charge in [-0.2, -0.15) is 0 Å². The quantitative estimate of drug-likeness (QED) is 0.245. The number of nitrogen functional groups attached to an aromatic ring is 2. The highest BCUT2D eigenvalue weighted by molar-refractivity contribution is 5.68. The molecule has 8 nitrogen and oxygen atoms in total. The minimum atomic E-state index is -0.391. The summed E-state index contributed by atoms with van der Waals surface area (Å²) in [5, 5.41) is 6.61. The number of carbonyl (C=O) groups is 1. The Labute approximate surface area is 239 Å². The summed E-state index contributed by atoms with van der Waals surface area (Å²) in [5.74, 6) is 2.78. The number of carbonyl (C=O) groups excluding carboxylic acids is 1. The van der Waals surface area contributed by atoms with Gasteiger partial charge in [0.25, 0.3) is 0 Å². The summed E-state index contributed by atoms with van der Waals surface area (Å²) in [6, 6.07) is 11.0. The van der Waals surface area contributed by atoms with Gasteiger partial charge in [-0.1, -0.05) is 39.3 Å². The van der Waals surface area contributed by atoms with E-state index in [1.165, 1.54) is 19.3 Å². The number of benzene rings is 2. The van der Waals surface area contributed by atoms with Gasteiger partial charge in [0, 0.05) is 24.5 Å². The monoisotopic (exact) mass is 552 g/mol. The van der Waals surface area contributed by atoms with Gasteiger partial charge >= 0.3 is 6.09 Å². The molecule has 8 heteroatoms. The highest BCUT2D eigenvalue weighted by Gasteiger charge is 2.34. The number of hydrogen-bond donors (Lipinski definition) is 4. The van der Waals surface area contributed by atoms with Gasteiger partial charge in [-0.25, -0.2) is 4.79 Å². The van der Waals surface area contributed by atoms with Crippen LogP contribution in [0.4, 0.5) is 16.2 Å². The molecular formula is C32H48N4O4. The molecule has 2 fully saturated rings. The van der Waals surface area contributed by atoms with Crippen molar-refractivity contribution in [2.24, 2.45) is 17.8 Å². The zero-order chi connectivity index (χ0) is 28.6. The predicted octanol–water partition coefficient (Wildman–Crippen LogP) is 6.20. The molecule has 2 aliphatic rings. The maximum absolute atomic E-state index is 13.3. The lowest BCUT2D eigenvalue weighted by Crippen LogP contribution is -2.41. The molecule has 2 aromatic rings. The smallest absolute Gasteiger partial charge is 0.407 e. The minimum Gasteiger partial charge on any atom is -0.493 e. The summed E-state index contributed by atoms with van der Waals surface area (Å²) in [5.41, 5.74) is 15.2. The van der Waals surface area contributed by atoms with Gasteiger partial charge in [0.15, 0.2) is 11.5 Å². The third kappa shape index (κ3) is 7.96. The average Bonchev–Trinajstić information content (AvgIpc) is 3.42. The van der Waals surface area contributed by atoms with E-state index in [4.69, 9.17) is 25.7 Å². The van der Waals surface area contributed by atoms with Crippen molar-refractivity contribution in [3.05, 3.63) is 47.5 Å². The van der Waals surface area contributed by atoms with E-state index in [9.17, 15) is 4.79 Å². The topological polar surface area (TPSA) is 121 Å². The molecule has 2 aromatic carbocycles. The standard InChI is InChI=1S/C32H48N4O4/c1-20(2)26-13-9-21(3)15-30(26)40-32(37)36-28(19-35-18-23-10-12-24(33)17-27(23)34)22-11-14-29(38-4)31(16-22)39-25-7-5-6-8-25/h10-12,14,16-17,20-21,25-26,28,30,35H,5-9,13,15,18-19,33-34H2,1-4H3,(H,36,37)/t21?,26?,28-,30?/m1/s1. The van der Waals surface area contributed by atoms with Gasteiger partial charge in [-0.15, -0.1) is 0 Å². The van der Waals surface area contributed by atoms with E-state index in [1.54, 1.807) is 13.2 Å². The largest absolute Gasteiger partial charge is 0.493 e. The van der Waals surface area contributed by atoms with Crippen LogP contribution < -0.4 is 31.6 Å². The molecule has 3 unspecified atom stereocenters. The van der Waals surface area contributed by atoms with E-state index in [2.05, 4.69) is 31.4 Å². The second-order valence-electron chi connectivity index (χ2n) is 12.0. The van der Waals surface area contributed by atoms with Crippen molar-refractivity contribution in [1.29, 1.82) is 0 Å². The highest BCUT2D eigenvalue weighted by atomic mass is 16.6. The molecule has 1 amide bonds. The summed E-state index contributed by atoms with van der Waals surface area (Å²) < 4.78 is 18.1. The van der Waals surface area contributed by atoms with Crippen LogP contribution in [-0.2, 0) is 11.3 Å². The lowest BCUT2D eigenvalue weighted by Gasteiger charge is -2.37. The van der Waals surface area contributed by atoms with Gasteiger partial charge in [-0.3, -0.25) is 0 Å². The van der Waals surface area contributed by atoms with Crippen LogP contribution in [0.3, 0.4) is 0 Å². The Hall–Kier alpha value is -3.13. The number of nitrogens with two attached hydrogens (primary N) is 2. The van der Waals surface area contributed by atoms with Crippen molar-refractivity contribution >= 4 is 17.5 Å². The number of methoxy groups -OCH3 is 1. The van der Waals surface area contributed by atoms with Crippen LogP contribution in [0.1, 0.15) is 82.9 Å². The Morgan fingerprint density at radius 1 is 1.02 bits per heavy atom. The maximum Gasteiger partial charge on any atom is 0.407 e. The summed E-state index contributed by atoms with van der Waals surface area (Å²) in [7, 11) is 1.65. The minimum absolute atomic E-state index is 0.0796. The van der Waals surface area contributed by atoms with Gasteiger partial charge in [0.2, 0.25) is 0 Å². The van der Waals surface area contributed by atoms with Crippen molar-refractivity contribution < 1.29 is 19.0 Å². The Bertz CT molecular complexity index is 1120. The van der Waals surface area contributed by atoms with Crippen LogP contribution >= 0.6 is 0 Å². The molecule has 0 spiro atoms. The second kappa shape index (κ2) is 14.0. The van der Waals surface area contributed by atoms with Gasteiger partial charge in [0.1, 0.15) is 6.10 Å². The number of alkyl carbamates (subject to hydrolysis) is 1. The Balaban J connectivity index is 1.51. The molecule has 40 heavy (non-hydrogen) atoms. The summed E-state index contributed by atoms with van der Waals surface area (Å²) in [6.45, 7) is 7.69. The van der Waals surface area contributed by atoms with Crippen molar-refractivity contribution in [2.45, 2.75) is 90.5 Å². The fourth-order valence-electron chi connectivity index (χ4n) is 6.13. The first-order chi connectivity index (χ1) is 19.2. The lowest BCUT2D eigenvalue weighted by atomic mass is 9.75. The zero-order valence-electron chi connectivity index (χ0n) is 24.6. The van der Waals surface area contributed by atoms with Gasteiger partial charge in [-0.05, 0) is 91.7 Å². The van der Waals surface area contributed by atoms with E-state index in [-0.39, 0.29) is 18.2 Å². The SMILES string of the molecule is COc1ccc([C@@H](CNCc2ccc(N)cc2N)NC(=O)OC2CC(C)CCC2C(C)C)cc1OC1CCCC1. The Morgan fingerprint density at radius 3 is 2.50 bits per heavy atom. The molecule has 0 saturated heterocycles.